The van der Waals surface area contributed by atoms with E-state index in [2.05, 4.69) is 0 Å². The maximum absolute atomic E-state index is 13.6. The van der Waals surface area contributed by atoms with Gasteiger partial charge < -0.3 is 10.5 Å². The van der Waals surface area contributed by atoms with Crippen molar-refractivity contribution in [1.29, 1.82) is 0 Å². The van der Waals surface area contributed by atoms with Gasteiger partial charge in [0.05, 0.1) is 4.92 Å². The van der Waals surface area contributed by atoms with Gasteiger partial charge >= 0.3 is 5.69 Å². The molecule has 0 aliphatic heterocycles. The van der Waals surface area contributed by atoms with Crippen molar-refractivity contribution in [3.63, 3.8) is 0 Å². The van der Waals surface area contributed by atoms with Crippen LogP contribution in [0, 0.1) is 15.9 Å². The molecule has 2 aromatic rings. The Labute approximate surface area is 121 Å². The predicted octanol–water partition coefficient (Wildman–Crippen LogP) is 3.55. The lowest BCUT2D eigenvalue weighted by Gasteiger charge is -2.11. The molecule has 2 N–H and O–H groups in total. The average Bonchev–Trinajstić information content (AvgIpc) is 2.47. The monoisotopic (exact) mass is 290 g/mol. The molecule has 0 amide bonds. The Balaban J connectivity index is 2.44. The van der Waals surface area contributed by atoms with Crippen molar-refractivity contribution in [2.24, 2.45) is 5.73 Å². The van der Waals surface area contributed by atoms with Crippen LogP contribution in [0.25, 0.3) is 0 Å². The summed E-state index contributed by atoms with van der Waals surface area (Å²) in [6.07, 6.45) is 0.676. The van der Waals surface area contributed by atoms with Crippen LogP contribution in [-0.2, 0) is 13.0 Å². The molecule has 0 aliphatic carbocycles. The number of nitrogens with zero attached hydrogens (tertiary/aromatic N) is 1. The molecule has 2 rings (SSSR count). The number of hydrogen-bond donors (Lipinski definition) is 1. The number of rotatable bonds is 5. The van der Waals surface area contributed by atoms with Gasteiger partial charge in [0.25, 0.3) is 0 Å². The van der Waals surface area contributed by atoms with Crippen LogP contribution in [0.2, 0.25) is 0 Å². The molecule has 2 aromatic carbocycles. The van der Waals surface area contributed by atoms with Gasteiger partial charge in [-0.05, 0) is 30.2 Å². The van der Waals surface area contributed by atoms with Gasteiger partial charge in [0.2, 0.25) is 5.75 Å². The molecule has 0 unspecified atom stereocenters. The van der Waals surface area contributed by atoms with Crippen molar-refractivity contribution in [3.05, 3.63) is 63.5 Å². The quantitative estimate of drug-likeness (QED) is 0.674. The van der Waals surface area contributed by atoms with Crippen molar-refractivity contribution >= 4 is 5.69 Å². The predicted molar refractivity (Wildman–Crippen MR) is 76.8 cm³/mol. The van der Waals surface area contributed by atoms with Crippen LogP contribution < -0.4 is 10.5 Å². The lowest BCUT2D eigenvalue weighted by atomic mass is 10.1. The molecular formula is C15H15FN2O3. The molecule has 0 aliphatic rings. The molecule has 0 radical (unpaired) electrons. The normalized spacial score (nSPS) is 10.4. The Morgan fingerprint density at radius 1 is 1.29 bits per heavy atom. The summed E-state index contributed by atoms with van der Waals surface area (Å²) in [6.45, 7) is 1.85. The highest BCUT2D eigenvalue weighted by molar-refractivity contribution is 5.51. The molecule has 0 spiro atoms. The molecular weight excluding hydrogens is 275 g/mol. The summed E-state index contributed by atoms with van der Waals surface area (Å²) in [5.41, 5.74) is 6.36. The van der Waals surface area contributed by atoms with Crippen LogP contribution in [0.5, 0.6) is 11.5 Å². The molecule has 0 atom stereocenters. The number of benzene rings is 2. The Morgan fingerprint density at radius 3 is 2.67 bits per heavy atom. The zero-order chi connectivity index (χ0) is 15.4. The van der Waals surface area contributed by atoms with Gasteiger partial charge in [0.1, 0.15) is 11.6 Å². The van der Waals surface area contributed by atoms with Crippen LogP contribution in [0.15, 0.2) is 36.4 Å². The first kappa shape index (κ1) is 14.9. The summed E-state index contributed by atoms with van der Waals surface area (Å²) < 4.78 is 19.1. The van der Waals surface area contributed by atoms with Crippen molar-refractivity contribution in [2.45, 2.75) is 19.9 Å². The van der Waals surface area contributed by atoms with Gasteiger partial charge in [0.15, 0.2) is 0 Å². The number of aryl methyl sites for hydroxylation is 1. The van der Waals surface area contributed by atoms with E-state index in [-0.39, 0.29) is 29.3 Å². The number of nitro benzene ring substituents is 1. The first-order valence-electron chi connectivity index (χ1n) is 6.49. The zero-order valence-electron chi connectivity index (χ0n) is 11.5. The zero-order valence-corrected chi connectivity index (χ0v) is 11.5. The fourth-order valence-corrected chi connectivity index (χ4v) is 1.96. The second-order valence-electron chi connectivity index (χ2n) is 4.44. The van der Waals surface area contributed by atoms with E-state index in [1.807, 2.05) is 6.92 Å². The summed E-state index contributed by atoms with van der Waals surface area (Å²) in [5, 5.41) is 11.1. The first-order chi connectivity index (χ1) is 10.1. The SMILES string of the molecule is CCc1ccc(Oc2cccc(F)c2CN)c([N+](=O)[O-])c1. The smallest absolute Gasteiger partial charge is 0.311 e. The molecule has 0 saturated heterocycles. The van der Waals surface area contributed by atoms with E-state index in [1.54, 1.807) is 6.07 Å². The third-order valence-corrected chi connectivity index (χ3v) is 3.13. The van der Waals surface area contributed by atoms with Gasteiger partial charge in [0, 0.05) is 18.2 Å². The van der Waals surface area contributed by atoms with Crippen LogP contribution in [0.4, 0.5) is 10.1 Å². The molecule has 5 nitrogen and oxygen atoms in total. The van der Waals surface area contributed by atoms with E-state index in [0.29, 0.717) is 6.42 Å². The van der Waals surface area contributed by atoms with Gasteiger partial charge in [-0.1, -0.05) is 19.1 Å². The standard InChI is InChI=1S/C15H15FN2O3/c1-2-10-6-7-15(13(8-10)18(19)20)21-14-5-3-4-12(16)11(14)9-17/h3-8H,2,9,17H2,1H3. The summed E-state index contributed by atoms with van der Waals surface area (Å²) in [7, 11) is 0. The van der Waals surface area contributed by atoms with E-state index in [9.17, 15) is 14.5 Å². The number of hydrogen-bond acceptors (Lipinski definition) is 4. The Kier molecular flexibility index (Phi) is 4.49. The topological polar surface area (TPSA) is 78.4 Å². The molecule has 0 saturated carbocycles. The van der Waals surface area contributed by atoms with E-state index in [4.69, 9.17) is 10.5 Å². The largest absolute Gasteiger partial charge is 0.450 e. The summed E-state index contributed by atoms with van der Waals surface area (Å²) in [5.74, 6) is -0.245. The minimum atomic E-state index is -0.518. The highest BCUT2D eigenvalue weighted by atomic mass is 19.1. The first-order valence-corrected chi connectivity index (χ1v) is 6.49. The van der Waals surface area contributed by atoms with Gasteiger partial charge in [-0.2, -0.15) is 0 Å². The number of nitrogens with two attached hydrogens (primary N) is 1. The van der Waals surface area contributed by atoms with Gasteiger partial charge in [-0.3, -0.25) is 10.1 Å². The summed E-state index contributed by atoms with van der Waals surface area (Å²) in [6, 6.07) is 8.98. The highest BCUT2D eigenvalue weighted by Crippen LogP contribution is 2.34. The minimum absolute atomic E-state index is 0.0527. The van der Waals surface area contributed by atoms with Crippen molar-refractivity contribution in [1.82, 2.24) is 0 Å². The lowest BCUT2D eigenvalue weighted by Crippen LogP contribution is -2.03. The van der Waals surface area contributed by atoms with Gasteiger partial charge in [-0.15, -0.1) is 0 Å². The third-order valence-electron chi connectivity index (χ3n) is 3.13. The number of ether oxygens (including phenoxy) is 1. The Bertz CT molecular complexity index is 674. The maximum atomic E-state index is 13.6. The second kappa shape index (κ2) is 6.32. The fourth-order valence-electron chi connectivity index (χ4n) is 1.96. The molecule has 0 heterocycles. The minimum Gasteiger partial charge on any atom is -0.450 e. The lowest BCUT2D eigenvalue weighted by molar-refractivity contribution is -0.385. The van der Waals surface area contributed by atoms with Crippen molar-refractivity contribution in [2.75, 3.05) is 0 Å². The number of halogens is 1. The van der Waals surface area contributed by atoms with Crippen LogP contribution >= 0.6 is 0 Å². The second-order valence-corrected chi connectivity index (χ2v) is 4.44. The molecule has 6 heteroatoms. The molecule has 0 fully saturated rings. The van der Waals surface area contributed by atoms with Crippen LogP contribution in [0.3, 0.4) is 0 Å². The Hall–Kier alpha value is -2.47. The molecule has 21 heavy (non-hydrogen) atoms. The third kappa shape index (κ3) is 3.17. The Morgan fingerprint density at radius 2 is 2.05 bits per heavy atom. The summed E-state index contributed by atoms with van der Waals surface area (Å²) in [4.78, 5) is 10.6. The number of nitro groups is 1. The molecule has 0 bridgehead atoms. The van der Waals surface area contributed by atoms with E-state index in [1.165, 1.54) is 30.3 Å². The van der Waals surface area contributed by atoms with Crippen LogP contribution in [-0.4, -0.2) is 4.92 Å². The van der Waals surface area contributed by atoms with E-state index < -0.39 is 10.7 Å². The van der Waals surface area contributed by atoms with Crippen LogP contribution in [0.1, 0.15) is 18.1 Å². The average molecular weight is 290 g/mol. The highest BCUT2D eigenvalue weighted by Gasteiger charge is 2.18. The van der Waals surface area contributed by atoms with Crippen molar-refractivity contribution < 1.29 is 14.1 Å². The fraction of sp³-hybridized carbons (Fsp3) is 0.200. The van der Waals surface area contributed by atoms with E-state index >= 15 is 0 Å². The van der Waals surface area contributed by atoms with E-state index in [0.717, 1.165) is 5.56 Å². The summed E-state index contributed by atoms with van der Waals surface area (Å²) >= 11 is 0. The molecule has 110 valence electrons. The van der Waals surface area contributed by atoms with Crippen molar-refractivity contribution in [3.8, 4) is 11.5 Å². The molecule has 0 aromatic heterocycles. The maximum Gasteiger partial charge on any atom is 0.311 e. The van der Waals surface area contributed by atoms with Gasteiger partial charge in [-0.25, -0.2) is 4.39 Å².